The van der Waals surface area contributed by atoms with E-state index >= 15 is 0 Å². The number of hydrogen-bond acceptors (Lipinski definition) is 7. The smallest absolute Gasteiger partial charge is 0.407 e. The molecule has 50 heavy (non-hydrogen) atoms. The number of nitrogens with one attached hydrogen (secondary N) is 2. The second-order valence-corrected chi connectivity index (χ2v) is 12.6. The first-order valence-corrected chi connectivity index (χ1v) is 17.1. The Kier molecular flexibility index (Phi) is 12.6. The van der Waals surface area contributed by atoms with Crippen LogP contribution in [0, 0.1) is 5.92 Å². The highest BCUT2D eigenvalue weighted by molar-refractivity contribution is 5.86. The Balaban J connectivity index is 1.09. The molecule has 5 rings (SSSR count). The third kappa shape index (κ3) is 8.67. The third-order valence-electron chi connectivity index (χ3n) is 9.35. The van der Waals surface area contributed by atoms with Crippen molar-refractivity contribution in [1.82, 2.24) is 15.5 Å². The number of carbonyl (C=O) groups is 4. The van der Waals surface area contributed by atoms with Crippen LogP contribution < -0.4 is 10.6 Å². The van der Waals surface area contributed by atoms with E-state index in [-0.39, 0.29) is 69.4 Å². The van der Waals surface area contributed by atoms with Gasteiger partial charge in [-0.25, -0.2) is 9.59 Å². The minimum Gasteiger partial charge on any atom is -0.462 e. The van der Waals surface area contributed by atoms with Crippen LogP contribution in [0.1, 0.15) is 53.9 Å². The van der Waals surface area contributed by atoms with Gasteiger partial charge in [0.2, 0.25) is 11.8 Å². The summed E-state index contributed by atoms with van der Waals surface area (Å²) in [5.41, 5.74) is 6.52. The molecule has 1 heterocycles. The lowest BCUT2D eigenvalue weighted by Gasteiger charge is -2.36. The molecule has 3 atom stereocenters. The van der Waals surface area contributed by atoms with E-state index < -0.39 is 24.0 Å². The van der Waals surface area contributed by atoms with Crippen LogP contribution in [0.25, 0.3) is 11.1 Å². The molecule has 3 aromatic rings. The van der Waals surface area contributed by atoms with Crippen LogP contribution in [0.2, 0.25) is 0 Å². The Labute approximate surface area is 293 Å². The van der Waals surface area contributed by atoms with E-state index in [9.17, 15) is 24.3 Å². The molecule has 1 aliphatic carbocycles. The number of allylic oxidation sites excluding steroid dienone is 2. The van der Waals surface area contributed by atoms with Crippen molar-refractivity contribution < 1.29 is 33.8 Å². The fourth-order valence-electron chi connectivity index (χ4n) is 6.74. The first-order chi connectivity index (χ1) is 24.3. The maximum absolute atomic E-state index is 13.3. The Morgan fingerprint density at radius 3 is 2.22 bits per heavy atom. The topological polar surface area (TPSA) is 134 Å². The van der Waals surface area contributed by atoms with Crippen molar-refractivity contribution in [3.8, 4) is 11.1 Å². The number of esters is 1. The van der Waals surface area contributed by atoms with Gasteiger partial charge in [-0.1, -0.05) is 84.9 Å². The molecule has 3 aromatic carbocycles. The molecule has 3 N–H and O–H groups in total. The van der Waals surface area contributed by atoms with Gasteiger partial charge in [-0.05, 0) is 59.1 Å². The van der Waals surface area contributed by atoms with Crippen LogP contribution in [0.5, 0.6) is 0 Å². The minimum absolute atomic E-state index is 0.0158. The molecule has 10 nitrogen and oxygen atoms in total. The summed E-state index contributed by atoms with van der Waals surface area (Å²) in [5, 5.41) is 15.4. The van der Waals surface area contributed by atoms with Gasteiger partial charge < -0.3 is 30.1 Å². The zero-order valence-corrected chi connectivity index (χ0v) is 28.2. The molecule has 0 radical (unpaired) electrons. The van der Waals surface area contributed by atoms with Crippen LogP contribution >= 0.6 is 0 Å². The number of fused-ring (bicyclic) bond motifs is 4. The standard InChI is InChI=1S/C40H45N3O7/c1-3-5-19-36(42-40(48)50-26-35-33-17-10-8-15-31(33)32-16-9-11-18-34(32)35)39(47)49-21-20-41-38(46)28(12-4-2)23-37(45)43-24-29-14-7-6-13-27(29)22-30(43)25-44/h3-4,6-11,13-18,28,30,35-36,44H,1-2,5,12,19-26H2,(H,41,46)(H,42,48)/t28-,30-,36-/m0/s1. The first-order valence-electron chi connectivity index (χ1n) is 17.1. The van der Waals surface area contributed by atoms with Crippen molar-refractivity contribution in [1.29, 1.82) is 0 Å². The number of ether oxygens (including phenoxy) is 2. The summed E-state index contributed by atoms with van der Waals surface area (Å²) in [7, 11) is 0. The summed E-state index contributed by atoms with van der Waals surface area (Å²) in [6, 6.07) is 22.5. The summed E-state index contributed by atoms with van der Waals surface area (Å²) >= 11 is 0. The van der Waals surface area contributed by atoms with E-state index in [1.807, 2.05) is 60.7 Å². The lowest BCUT2D eigenvalue weighted by molar-refractivity contribution is -0.146. The van der Waals surface area contributed by atoms with E-state index in [2.05, 4.69) is 35.9 Å². The van der Waals surface area contributed by atoms with Crippen molar-refractivity contribution in [3.05, 3.63) is 120 Å². The number of benzene rings is 3. The van der Waals surface area contributed by atoms with Gasteiger partial charge in [0.05, 0.1) is 25.1 Å². The predicted octanol–water partition coefficient (Wildman–Crippen LogP) is 5.05. The molecule has 10 heteroatoms. The van der Waals surface area contributed by atoms with Crippen LogP contribution in [0.15, 0.2) is 98.1 Å². The van der Waals surface area contributed by atoms with Gasteiger partial charge in [0.25, 0.3) is 0 Å². The number of nitrogens with zero attached hydrogens (tertiary/aromatic N) is 1. The molecule has 262 valence electrons. The van der Waals surface area contributed by atoms with E-state index in [1.165, 1.54) is 0 Å². The number of rotatable bonds is 16. The van der Waals surface area contributed by atoms with Crippen molar-refractivity contribution in [2.24, 2.45) is 5.92 Å². The molecule has 0 unspecified atom stereocenters. The zero-order valence-electron chi connectivity index (χ0n) is 28.2. The van der Waals surface area contributed by atoms with Gasteiger partial charge in [0.15, 0.2) is 0 Å². The Hall–Kier alpha value is -5.22. The predicted molar refractivity (Wildman–Crippen MR) is 190 cm³/mol. The molecule has 3 amide bonds. The fourth-order valence-corrected chi connectivity index (χ4v) is 6.74. The van der Waals surface area contributed by atoms with Gasteiger partial charge >= 0.3 is 12.1 Å². The Morgan fingerprint density at radius 2 is 1.56 bits per heavy atom. The molecule has 0 fully saturated rings. The largest absolute Gasteiger partial charge is 0.462 e. The van der Waals surface area contributed by atoms with Gasteiger partial charge in [-0.2, -0.15) is 0 Å². The maximum Gasteiger partial charge on any atom is 0.407 e. The summed E-state index contributed by atoms with van der Waals surface area (Å²) in [4.78, 5) is 54.0. The maximum atomic E-state index is 13.3. The average molecular weight is 680 g/mol. The third-order valence-corrected chi connectivity index (χ3v) is 9.35. The highest BCUT2D eigenvalue weighted by atomic mass is 16.6. The fraction of sp³-hybridized carbons (Fsp3) is 0.350. The second-order valence-electron chi connectivity index (χ2n) is 12.6. The van der Waals surface area contributed by atoms with E-state index in [4.69, 9.17) is 9.47 Å². The van der Waals surface area contributed by atoms with Crippen molar-refractivity contribution in [2.75, 3.05) is 26.4 Å². The van der Waals surface area contributed by atoms with Crippen molar-refractivity contribution in [2.45, 2.75) is 56.7 Å². The number of hydrogen-bond donors (Lipinski definition) is 3. The SMILES string of the molecule is C=CCC[C@H](NC(=O)OCC1c2ccccc2-c2ccccc21)C(=O)OCCNC(=O)[C@@H](CC=C)CC(=O)N1Cc2ccccc2C[C@H]1CO. The number of amides is 3. The molecule has 0 bridgehead atoms. The lowest BCUT2D eigenvalue weighted by Crippen LogP contribution is -2.47. The molecular formula is C40H45N3O7. The summed E-state index contributed by atoms with van der Waals surface area (Å²) in [6.45, 7) is 7.63. The summed E-state index contributed by atoms with van der Waals surface area (Å²) < 4.78 is 11.0. The van der Waals surface area contributed by atoms with E-state index in [1.54, 1.807) is 17.1 Å². The van der Waals surface area contributed by atoms with Crippen LogP contribution in [0.3, 0.4) is 0 Å². The van der Waals surface area contributed by atoms with E-state index in [0.717, 1.165) is 33.4 Å². The number of carbonyl (C=O) groups excluding carboxylic acids is 4. The first kappa shape index (κ1) is 36.1. The minimum atomic E-state index is -0.973. The highest BCUT2D eigenvalue weighted by Crippen LogP contribution is 2.44. The van der Waals surface area contributed by atoms with Gasteiger partial charge in [0, 0.05) is 18.9 Å². The molecule has 0 spiro atoms. The Morgan fingerprint density at radius 1 is 0.900 bits per heavy atom. The van der Waals surface area contributed by atoms with Crippen LogP contribution in [-0.4, -0.2) is 72.3 Å². The molecule has 0 aromatic heterocycles. The zero-order chi connectivity index (χ0) is 35.5. The van der Waals surface area contributed by atoms with Crippen LogP contribution in [-0.2, 0) is 36.8 Å². The average Bonchev–Trinajstić information content (AvgIpc) is 3.46. The number of aliphatic hydroxyl groups is 1. The van der Waals surface area contributed by atoms with E-state index in [0.29, 0.717) is 19.4 Å². The van der Waals surface area contributed by atoms with Gasteiger partial charge in [-0.3, -0.25) is 9.59 Å². The number of aliphatic hydroxyl groups excluding tert-OH is 1. The van der Waals surface area contributed by atoms with Gasteiger partial charge in [0.1, 0.15) is 19.3 Å². The van der Waals surface area contributed by atoms with Crippen molar-refractivity contribution in [3.63, 3.8) is 0 Å². The molecule has 0 saturated carbocycles. The molecule has 1 aliphatic heterocycles. The summed E-state index contributed by atoms with van der Waals surface area (Å²) in [5.74, 6) is -2.05. The molecule has 2 aliphatic rings. The van der Waals surface area contributed by atoms with Crippen molar-refractivity contribution >= 4 is 23.9 Å². The second kappa shape index (κ2) is 17.4. The summed E-state index contributed by atoms with van der Waals surface area (Å²) in [6.07, 6.45) is 3.99. The lowest BCUT2D eigenvalue weighted by atomic mass is 9.92. The molecule has 0 saturated heterocycles. The van der Waals surface area contributed by atoms with Gasteiger partial charge in [-0.15, -0.1) is 13.2 Å². The molecular weight excluding hydrogens is 634 g/mol. The normalized spacial score (nSPS) is 15.8. The van der Waals surface area contributed by atoms with Crippen LogP contribution in [0.4, 0.5) is 4.79 Å². The highest BCUT2D eigenvalue weighted by Gasteiger charge is 2.32. The quantitative estimate of drug-likeness (QED) is 0.110. The monoisotopic (exact) mass is 679 g/mol. The number of alkyl carbamates (subject to hydrolysis) is 1. The Bertz CT molecular complexity index is 1660.